The summed E-state index contributed by atoms with van der Waals surface area (Å²) in [5.74, 6) is 0.950. The van der Waals surface area contributed by atoms with Gasteiger partial charge in [-0.05, 0) is 31.4 Å². The van der Waals surface area contributed by atoms with Gasteiger partial charge >= 0.3 is 6.01 Å². The molecular weight excluding hydrogens is 306 g/mol. The summed E-state index contributed by atoms with van der Waals surface area (Å²) < 4.78 is 5.14. The highest BCUT2D eigenvalue weighted by atomic mass is 16.5. The Morgan fingerprint density at radius 3 is 2.58 bits per heavy atom. The number of aromatic nitrogens is 3. The number of nitrogens with zero attached hydrogens (tertiary/aromatic N) is 3. The summed E-state index contributed by atoms with van der Waals surface area (Å²) >= 11 is 0. The smallest absolute Gasteiger partial charge is 0.321 e. The van der Waals surface area contributed by atoms with Crippen LogP contribution in [0.1, 0.15) is 36.5 Å². The van der Waals surface area contributed by atoms with Gasteiger partial charge in [0.25, 0.3) is 5.91 Å². The molecular formula is C17H21N5O2. The lowest BCUT2D eigenvalue weighted by Gasteiger charge is -2.08. The van der Waals surface area contributed by atoms with Crippen molar-refractivity contribution in [1.82, 2.24) is 20.3 Å². The standard InChI is InChI=1S/C17H21N5O2/c1-3-10-18-16-20-14(21-17(22-16)24-2)11-4-6-12(7-5-11)15(23)19-13-8-9-13/h4-7,13H,3,8-10H2,1-2H3,(H,19,23)(H,18,20,21,22). The molecule has 1 aromatic heterocycles. The first-order valence-corrected chi connectivity index (χ1v) is 8.15. The van der Waals surface area contributed by atoms with Crippen LogP contribution in [0.5, 0.6) is 6.01 Å². The Labute approximate surface area is 140 Å². The van der Waals surface area contributed by atoms with Crippen molar-refractivity contribution in [3.63, 3.8) is 0 Å². The largest absolute Gasteiger partial charge is 0.467 e. The van der Waals surface area contributed by atoms with Crippen molar-refractivity contribution in [2.24, 2.45) is 0 Å². The molecule has 1 aromatic carbocycles. The molecule has 0 unspecified atom stereocenters. The first kappa shape index (κ1) is 16.2. The number of rotatable bonds is 7. The van der Waals surface area contributed by atoms with E-state index in [4.69, 9.17) is 4.74 Å². The van der Waals surface area contributed by atoms with Crippen molar-refractivity contribution in [3.05, 3.63) is 29.8 Å². The van der Waals surface area contributed by atoms with Crippen molar-refractivity contribution in [2.75, 3.05) is 19.0 Å². The molecule has 2 N–H and O–H groups in total. The van der Waals surface area contributed by atoms with E-state index in [0.717, 1.165) is 31.4 Å². The van der Waals surface area contributed by atoms with E-state index in [1.54, 1.807) is 12.1 Å². The van der Waals surface area contributed by atoms with Crippen molar-refractivity contribution >= 4 is 11.9 Å². The summed E-state index contributed by atoms with van der Waals surface area (Å²) in [6.45, 7) is 2.84. The Bertz CT molecular complexity index is 713. The number of carbonyl (C=O) groups is 1. The number of hydrogen-bond acceptors (Lipinski definition) is 6. The normalized spacial score (nSPS) is 13.4. The average Bonchev–Trinajstić information content (AvgIpc) is 3.43. The highest BCUT2D eigenvalue weighted by molar-refractivity contribution is 5.94. The molecule has 7 nitrogen and oxygen atoms in total. The van der Waals surface area contributed by atoms with E-state index in [0.29, 0.717) is 23.4 Å². The van der Waals surface area contributed by atoms with Crippen LogP contribution in [0.25, 0.3) is 11.4 Å². The van der Waals surface area contributed by atoms with Crippen LogP contribution in [0.4, 0.5) is 5.95 Å². The van der Waals surface area contributed by atoms with E-state index in [1.807, 2.05) is 12.1 Å². The number of amides is 1. The van der Waals surface area contributed by atoms with Gasteiger partial charge in [0.15, 0.2) is 5.82 Å². The Morgan fingerprint density at radius 2 is 1.96 bits per heavy atom. The molecule has 1 amide bonds. The number of hydrogen-bond donors (Lipinski definition) is 2. The zero-order valence-electron chi connectivity index (χ0n) is 13.9. The molecule has 0 atom stereocenters. The fourth-order valence-corrected chi connectivity index (χ4v) is 2.16. The third kappa shape index (κ3) is 3.98. The molecule has 1 fully saturated rings. The lowest BCUT2D eigenvalue weighted by molar-refractivity contribution is 0.0951. The Kier molecular flexibility index (Phi) is 4.88. The van der Waals surface area contributed by atoms with Crippen molar-refractivity contribution in [3.8, 4) is 17.4 Å². The maximum absolute atomic E-state index is 12.0. The molecule has 0 radical (unpaired) electrons. The second-order valence-corrected chi connectivity index (χ2v) is 5.72. The van der Waals surface area contributed by atoms with Crippen molar-refractivity contribution < 1.29 is 9.53 Å². The molecule has 7 heteroatoms. The van der Waals surface area contributed by atoms with Gasteiger partial charge in [0, 0.05) is 23.7 Å². The summed E-state index contributed by atoms with van der Waals surface area (Å²) in [4.78, 5) is 24.9. The molecule has 0 bridgehead atoms. The van der Waals surface area contributed by atoms with E-state index in [2.05, 4.69) is 32.5 Å². The number of benzene rings is 1. The van der Waals surface area contributed by atoms with Gasteiger partial charge in [-0.1, -0.05) is 19.1 Å². The van der Waals surface area contributed by atoms with Crippen molar-refractivity contribution in [1.29, 1.82) is 0 Å². The van der Waals surface area contributed by atoms with Gasteiger partial charge in [-0.3, -0.25) is 4.79 Å². The third-order valence-electron chi connectivity index (χ3n) is 3.65. The predicted molar refractivity (Wildman–Crippen MR) is 91.1 cm³/mol. The maximum atomic E-state index is 12.0. The third-order valence-corrected chi connectivity index (χ3v) is 3.65. The summed E-state index contributed by atoms with van der Waals surface area (Å²) in [5.41, 5.74) is 1.44. The fraction of sp³-hybridized carbons (Fsp3) is 0.412. The zero-order valence-corrected chi connectivity index (χ0v) is 13.9. The number of anilines is 1. The highest BCUT2D eigenvalue weighted by Crippen LogP contribution is 2.21. The average molecular weight is 327 g/mol. The molecule has 1 aliphatic rings. The highest BCUT2D eigenvalue weighted by Gasteiger charge is 2.23. The second-order valence-electron chi connectivity index (χ2n) is 5.72. The van der Waals surface area contributed by atoms with Crippen LogP contribution in [-0.2, 0) is 0 Å². The quantitative estimate of drug-likeness (QED) is 0.811. The first-order valence-electron chi connectivity index (χ1n) is 8.15. The van der Waals surface area contributed by atoms with Gasteiger partial charge in [-0.15, -0.1) is 0 Å². The molecule has 1 saturated carbocycles. The molecule has 2 aromatic rings. The number of ether oxygens (including phenoxy) is 1. The monoisotopic (exact) mass is 327 g/mol. The van der Waals surface area contributed by atoms with Gasteiger partial charge in [-0.2, -0.15) is 15.0 Å². The topological polar surface area (TPSA) is 89.0 Å². The Hall–Kier alpha value is -2.70. The minimum atomic E-state index is -0.0393. The molecule has 0 spiro atoms. The molecule has 3 rings (SSSR count). The van der Waals surface area contributed by atoms with Crippen LogP contribution in [0.3, 0.4) is 0 Å². The number of nitrogens with one attached hydrogen (secondary N) is 2. The van der Waals surface area contributed by atoms with Crippen LogP contribution < -0.4 is 15.4 Å². The van der Waals surface area contributed by atoms with Gasteiger partial charge in [0.05, 0.1) is 7.11 Å². The number of methoxy groups -OCH3 is 1. The fourth-order valence-electron chi connectivity index (χ4n) is 2.16. The molecule has 1 aliphatic carbocycles. The van der Waals surface area contributed by atoms with E-state index in [-0.39, 0.29) is 11.9 Å². The predicted octanol–water partition coefficient (Wildman–Crippen LogP) is 2.26. The lowest BCUT2D eigenvalue weighted by Crippen LogP contribution is -2.25. The second kappa shape index (κ2) is 7.25. The van der Waals surface area contributed by atoms with E-state index < -0.39 is 0 Å². The van der Waals surface area contributed by atoms with E-state index >= 15 is 0 Å². The Balaban J connectivity index is 1.80. The summed E-state index contributed by atoms with van der Waals surface area (Å²) in [6.07, 6.45) is 3.11. The van der Waals surface area contributed by atoms with Gasteiger partial charge in [0.2, 0.25) is 5.95 Å². The van der Waals surface area contributed by atoms with E-state index in [1.165, 1.54) is 7.11 Å². The Morgan fingerprint density at radius 1 is 1.21 bits per heavy atom. The molecule has 126 valence electrons. The SMILES string of the molecule is CCCNc1nc(OC)nc(-c2ccc(C(=O)NC3CC3)cc2)n1. The first-order chi connectivity index (χ1) is 11.7. The van der Waals surface area contributed by atoms with Gasteiger partial charge < -0.3 is 15.4 Å². The van der Waals surface area contributed by atoms with Crippen LogP contribution in [0.15, 0.2) is 24.3 Å². The molecule has 24 heavy (non-hydrogen) atoms. The summed E-state index contributed by atoms with van der Waals surface area (Å²) in [7, 11) is 1.52. The molecule has 1 heterocycles. The minimum absolute atomic E-state index is 0.0393. The lowest BCUT2D eigenvalue weighted by atomic mass is 10.1. The van der Waals surface area contributed by atoms with Crippen LogP contribution in [0, 0.1) is 0 Å². The zero-order chi connectivity index (χ0) is 16.9. The van der Waals surface area contributed by atoms with E-state index in [9.17, 15) is 4.79 Å². The molecule has 0 saturated heterocycles. The summed E-state index contributed by atoms with van der Waals surface area (Å²) in [6, 6.07) is 7.83. The van der Waals surface area contributed by atoms with Crippen LogP contribution in [0.2, 0.25) is 0 Å². The van der Waals surface area contributed by atoms with Gasteiger partial charge in [0.1, 0.15) is 0 Å². The van der Waals surface area contributed by atoms with Gasteiger partial charge in [-0.25, -0.2) is 0 Å². The minimum Gasteiger partial charge on any atom is -0.467 e. The van der Waals surface area contributed by atoms with Crippen LogP contribution in [-0.4, -0.2) is 40.6 Å². The van der Waals surface area contributed by atoms with Crippen LogP contribution >= 0.6 is 0 Å². The summed E-state index contributed by atoms with van der Waals surface area (Å²) in [5, 5.41) is 6.10. The maximum Gasteiger partial charge on any atom is 0.321 e. The van der Waals surface area contributed by atoms with Crippen molar-refractivity contribution in [2.45, 2.75) is 32.2 Å². The molecule has 0 aliphatic heterocycles. The number of carbonyl (C=O) groups excluding carboxylic acids is 1.